The number of hydrogen-bond acceptors (Lipinski definition) is 5. The van der Waals surface area contributed by atoms with Crippen LogP contribution in [0.3, 0.4) is 0 Å². The molecule has 0 radical (unpaired) electrons. The third-order valence-electron chi connectivity index (χ3n) is 2.87. The van der Waals surface area contributed by atoms with Crippen LogP contribution in [0, 0.1) is 0 Å². The van der Waals surface area contributed by atoms with Gasteiger partial charge in [-0.05, 0) is 12.1 Å². The summed E-state index contributed by atoms with van der Waals surface area (Å²) in [6, 6.07) is 7.39. The van der Waals surface area contributed by atoms with Gasteiger partial charge in [-0.25, -0.2) is 9.67 Å². The van der Waals surface area contributed by atoms with Crippen molar-refractivity contribution in [1.82, 2.24) is 19.7 Å². The molecule has 0 saturated heterocycles. The number of hydrogen-bond donors (Lipinski definition) is 1. The number of fused-ring (bicyclic) bond motifs is 1. The molecular formula is C13H11ClN4O2. The zero-order chi connectivity index (χ0) is 14.1. The summed E-state index contributed by atoms with van der Waals surface area (Å²) in [5, 5.41) is 14.6. The second-order valence-electron chi connectivity index (χ2n) is 4.09. The molecule has 102 valence electrons. The van der Waals surface area contributed by atoms with Gasteiger partial charge < -0.3 is 9.84 Å². The van der Waals surface area contributed by atoms with Crippen molar-refractivity contribution in [3.8, 4) is 17.3 Å². The molecule has 2 aromatic heterocycles. The monoisotopic (exact) mass is 290 g/mol. The zero-order valence-corrected chi connectivity index (χ0v) is 11.4. The molecule has 0 amide bonds. The Morgan fingerprint density at radius 1 is 1.35 bits per heavy atom. The van der Waals surface area contributed by atoms with Gasteiger partial charge in [0.25, 0.3) is 0 Å². The highest BCUT2D eigenvalue weighted by Gasteiger charge is 2.13. The van der Waals surface area contributed by atoms with Crippen LogP contribution in [0.4, 0.5) is 0 Å². The van der Waals surface area contributed by atoms with Crippen molar-refractivity contribution in [1.29, 1.82) is 0 Å². The van der Waals surface area contributed by atoms with E-state index in [1.807, 2.05) is 24.3 Å². The average molecular weight is 291 g/mol. The first-order chi connectivity index (χ1) is 9.72. The molecule has 0 spiro atoms. The van der Waals surface area contributed by atoms with Crippen LogP contribution >= 0.6 is 11.6 Å². The van der Waals surface area contributed by atoms with Crippen molar-refractivity contribution in [3.63, 3.8) is 0 Å². The average Bonchev–Trinajstić information content (AvgIpc) is 2.91. The summed E-state index contributed by atoms with van der Waals surface area (Å²) in [4.78, 5) is 8.20. The Morgan fingerprint density at radius 2 is 2.20 bits per heavy atom. The van der Waals surface area contributed by atoms with Gasteiger partial charge in [-0.2, -0.15) is 10.1 Å². The molecule has 0 unspecified atom stereocenters. The highest BCUT2D eigenvalue weighted by Crippen LogP contribution is 2.25. The van der Waals surface area contributed by atoms with Crippen LogP contribution in [0.1, 0.15) is 5.82 Å². The largest absolute Gasteiger partial charge is 0.497 e. The van der Waals surface area contributed by atoms with E-state index in [2.05, 4.69) is 15.1 Å². The minimum Gasteiger partial charge on any atom is -0.497 e. The molecule has 0 aliphatic rings. The highest BCUT2D eigenvalue weighted by atomic mass is 35.5. The molecule has 1 aromatic carbocycles. The Morgan fingerprint density at radius 3 is 2.95 bits per heavy atom. The molecule has 0 aliphatic heterocycles. The van der Waals surface area contributed by atoms with Crippen LogP contribution in [0.2, 0.25) is 0 Å². The first-order valence-electron chi connectivity index (χ1n) is 5.87. The lowest BCUT2D eigenvalue weighted by Crippen LogP contribution is -2.00. The van der Waals surface area contributed by atoms with Gasteiger partial charge in [0.05, 0.1) is 24.9 Å². The summed E-state index contributed by atoms with van der Waals surface area (Å²) >= 11 is 5.73. The number of benzene rings is 1. The van der Waals surface area contributed by atoms with E-state index in [1.54, 1.807) is 11.8 Å². The van der Waals surface area contributed by atoms with E-state index in [9.17, 15) is 5.11 Å². The van der Waals surface area contributed by atoms with Crippen molar-refractivity contribution in [3.05, 3.63) is 36.3 Å². The maximum absolute atomic E-state index is 9.86. The second-order valence-corrected chi connectivity index (χ2v) is 4.36. The number of rotatable bonds is 3. The van der Waals surface area contributed by atoms with Gasteiger partial charge in [0, 0.05) is 6.07 Å². The first kappa shape index (κ1) is 12.7. The van der Waals surface area contributed by atoms with Crippen molar-refractivity contribution in [2.24, 2.45) is 0 Å². The summed E-state index contributed by atoms with van der Waals surface area (Å²) in [6.45, 7) is 0. The van der Waals surface area contributed by atoms with Gasteiger partial charge in [-0.15, -0.1) is 11.6 Å². The summed E-state index contributed by atoms with van der Waals surface area (Å²) in [5.74, 6) is 1.05. The normalized spacial score (nSPS) is 10.9. The number of methoxy groups -OCH3 is 1. The third kappa shape index (κ3) is 2.04. The number of aromatic hydroxyl groups is 1. The molecule has 7 heteroatoms. The number of nitrogens with zero attached hydrogens (tertiary/aromatic N) is 4. The van der Waals surface area contributed by atoms with Crippen LogP contribution < -0.4 is 4.74 Å². The van der Waals surface area contributed by atoms with Crippen LogP contribution in [-0.2, 0) is 5.88 Å². The van der Waals surface area contributed by atoms with E-state index in [0.29, 0.717) is 22.6 Å². The van der Waals surface area contributed by atoms with Gasteiger partial charge in [-0.3, -0.25) is 0 Å². The molecule has 0 saturated carbocycles. The maximum Gasteiger partial charge on any atom is 0.225 e. The number of aromatic nitrogens is 4. The Hall–Kier alpha value is -2.34. The molecule has 1 N–H and O–H groups in total. The molecule has 2 heterocycles. The fraction of sp³-hybridized carbons (Fsp3) is 0.154. The van der Waals surface area contributed by atoms with E-state index in [1.165, 1.54) is 6.20 Å². The molecular weight excluding hydrogens is 280 g/mol. The third-order valence-corrected chi connectivity index (χ3v) is 3.11. The van der Waals surface area contributed by atoms with Crippen LogP contribution in [0.5, 0.6) is 11.6 Å². The minimum atomic E-state index is -0.125. The first-order valence-corrected chi connectivity index (χ1v) is 6.40. The Labute approximate surface area is 119 Å². The fourth-order valence-electron chi connectivity index (χ4n) is 1.93. The quantitative estimate of drug-likeness (QED) is 0.749. The number of halogens is 1. The van der Waals surface area contributed by atoms with Crippen LogP contribution in [-0.4, -0.2) is 32.0 Å². The molecule has 20 heavy (non-hydrogen) atoms. The van der Waals surface area contributed by atoms with Crippen molar-refractivity contribution in [2.45, 2.75) is 5.88 Å². The summed E-state index contributed by atoms with van der Waals surface area (Å²) in [7, 11) is 1.60. The van der Waals surface area contributed by atoms with E-state index < -0.39 is 0 Å². The topological polar surface area (TPSA) is 73.1 Å². The molecule has 0 fully saturated rings. The van der Waals surface area contributed by atoms with Gasteiger partial charge in [0.2, 0.25) is 5.88 Å². The zero-order valence-electron chi connectivity index (χ0n) is 10.6. The molecule has 3 aromatic rings. The second kappa shape index (κ2) is 4.97. The van der Waals surface area contributed by atoms with Crippen LogP contribution in [0.15, 0.2) is 30.5 Å². The fourth-order valence-corrected chi connectivity index (χ4v) is 2.05. The lowest BCUT2D eigenvalue weighted by molar-refractivity contribution is 0.414. The summed E-state index contributed by atoms with van der Waals surface area (Å²) in [5.41, 5.74) is 1.28. The Kier molecular flexibility index (Phi) is 3.15. The SMILES string of the molecule is COc1cccc(-n2ncc3c(O)nc(CCl)nc32)c1. The van der Waals surface area contributed by atoms with E-state index in [0.717, 1.165) is 5.69 Å². The van der Waals surface area contributed by atoms with Crippen molar-refractivity contribution in [2.75, 3.05) is 7.11 Å². The Balaban J connectivity index is 2.23. The standard InChI is InChI=1S/C13H11ClN4O2/c1-20-9-4-2-3-8(5-9)18-12-10(7-15-18)13(19)17-11(6-14)16-12/h2-5,7H,6H2,1H3,(H,16,17,19). The van der Waals surface area contributed by atoms with Gasteiger partial charge >= 0.3 is 0 Å². The number of ether oxygens (including phenoxy) is 1. The Bertz CT molecular complexity index is 772. The summed E-state index contributed by atoms with van der Waals surface area (Å²) in [6.07, 6.45) is 1.52. The molecule has 0 bridgehead atoms. The molecule has 3 rings (SSSR count). The number of alkyl halides is 1. The lowest BCUT2D eigenvalue weighted by Gasteiger charge is -2.06. The maximum atomic E-state index is 9.86. The molecule has 0 atom stereocenters. The van der Waals surface area contributed by atoms with Gasteiger partial charge in [-0.1, -0.05) is 6.07 Å². The molecule has 0 aliphatic carbocycles. The lowest BCUT2D eigenvalue weighted by atomic mass is 10.3. The van der Waals surface area contributed by atoms with Crippen LogP contribution in [0.25, 0.3) is 16.7 Å². The van der Waals surface area contributed by atoms with Crippen molar-refractivity contribution >= 4 is 22.6 Å². The minimum absolute atomic E-state index is 0.118. The van der Waals surface area contributed by atoms with E-state index >= 15 is 0 Å². The smallest absolute Gasteiger partial charge is 0.225 e. The highest BCUT2D eigenvalue weighted by molar-refractivity contribution is 6.16. The summed E-state index contributed by atoms with van der Waals surface area (Å²) < 4.78 is 6.80. The predicted octanol–water partition coefficient (Wildman–Crippen LogP) is 2.27. The van der Waals surface area contributed by atoms with Gasteiger partial charge in [0.1, 0.15) is 17.0 Å². The predicted molar refractivity (Wildman–Crippen MR) is 74.4 cm³/mol. The molecule has 6 nitrogen and oxygen atoms in total. The van der Waals surface area contributed by atoms with E-state index in [4.69, 9.17) is 16.3 Å². The van der Waals surface area contributed by atoms with E-state index in [-0.39, 0.29) is 11.8 Å². The van der Waals surface area contributed by atoms with Gasteiger partial charge in [0.15, 0.2) is 5.65 Å². The van der Waals surface area contributed by atoms with Crippen molar-refractivity contribution < 1.29 is 9.84 Å².